The maximum atomic E-state index is 5.63. The third kappa shape index (κ3) is 3.88. The van der Waals surface area contributed by atoms with Crippen LogP contribution in [0.3, 0.4) is 0 Å². The summed E-state index contributed by atoms with van der Waals surface area (Å²) in [5.41, 5.74) is 2.86. The van der Waals surface area contributed by atoms with Crippen molar-refractivity contribution in [2.75, 3.05) is 25.6 Å². The minimum absolute atomic E-state index is 0. The molecule has 1 aliphatic rings. The summed E-state index contributed by atoms with van der Waals surface area (Å²) < 4.78 is 16.4. The molecule has 0 spiro atoms. The highest BCUT2D eigenvalue weighted by atomic mass is 79.9. The number of nitrogens with zero attached hydrogens (tertiary/aromatic N) is 1. The van der Waals surface area contributed by atoms with E-state index in [9.17, 15) is 0 Å². The van der Waals surface area contributed by atoms with Crippen molar-refractivity contribution in [3.63, 3.8) is 0 Å². The molecule has 0 saturated carbocycles. The van der Waals surface area contributed by atoms with Crippen LogP contribution < -0.4 is 19.5 Å². The molecule has 0 radical (unpaired) electrons. The number of hydrogen-bond donors (Lipinski definition) is 1. The van der Waals surface area contributed by atoms with Crippen LogP contribution in [0.2, 0.25) is 0 Å². The van der Waals surface area contributed by atoms with Gasteiger partial charge in [0, 0.05) is 22.7 Å². The van der Waals surface area contributed by atoms with Crippen molar-refractivity contribution >= 4 is 39.1 Å². The van der Waals surface area contributed by atoms with Crippen LogP contribution in [0.4, 0.5) is 10.8 Å². The standard InChI is InChI=1S/C18H16N2O3S.BrH/c1-21-14-4-2-3-13(10-14)19-18-20-15(11-24-18)12-5-6-16-17(9-12)23-8-7-22-16;/h2-6,9-11H,7-8H2,1H3,(H,19,20);1H. The lowest BCUT2D eigenvalue weighted by Crippen LogP contribution is -2.15. The number of methoxy groups -OCH3 is 1. The van der Waals surface area contributed by atoms with Crippen LogP contribution in [0.15, 0.2) is 47.8 Å². The molecule has 25 heavy (non-hydrogen) atoms. The molecule has 0 bridgehead atoms. The molecule has 0 saturated heterocycles. The van der Waals surface area contributed by atoms with E-state index in [1.807, 2.05) is 47.8 Å². The highest BCUT2D eigenvalue weighted by Gasteiger charge is 2.14. The van der Waals surface area contributed by atoms with Crippen LogP contribution in [-0.2, 0) is 0 Å². The molecule has 130 valence electrons. The second kappa shape index (κ2) is 7.76. The van der Waals surface area contributed by atoms with Crippen LogP contribution in [0, 0.1) is 0 Å². The number of anilines is 2. The molecular formula is C18H17BrN2O3S. The molecule has 2 aromatic carbocycles. The first-order chi connectivity index (χ1) is 11.8. The number of nitrogens with one attached hydrogen (secondary N) is 1. The first kappa shape index (κ1) is 17.6. The van der Waals surface area contributed by atoms with Gasteiger partial charge in [0.25, 0.3) is 0 Å². The summed E-state index contributed by atoms with van der Waals surface area (Å²) >= 11 is 1.55. The summed E-state index contributed by atoms with van der Waals surface area (Å²) in [6.45, 7) is 1.17. The molecule has 0 aliphatic carbocycles. The molecular weight excluding hydrogens is 404 g/mol. The molecule has 1 aliphatic heterocycles. The highest BCUT2D eigenvalue weighted by molar-refractivity contribution is 8.93. The Morgan fingerprint density at radius 3 is 2.76 bits per heavy atom. The van der Waals surface area contributed by atoms with Crippen molar-refractivity contribution in [2.45, 2.75) is 0 Å². The van der Waals surface area contributed by atoms with Gasteiger partial charge in [-0.25, -0.2) is 4.98 Å². The van der Waals surface area contributed by atoms with Crippen molar-refractivity contribution in [2.24, 2.45) is 0 Å². The summed E-state index contributed by atoms with van der Waals surface area (Å²) in [7, 11) is 1.66. The van der Waals surface area contributed by atoms with Crippen molar-refractivity contribution in [1.29, 1.82) is 0 Å². The van der Waals surface area contributed by atoms with Gasteiger partial charge in [0.1, 0.15) is 19.0 Å². The maximum Gasteiger partial charge on any atom is 0.187 e. The summed E-state index contributed by atoms with van der Waals surface area (Å²) in [6.07, 6.45) is 0. The molecule has 0 atom stereocenters. The van der Waals surface area contributed by atoms with Crippen LogP contribution in [0.5, 0.6) is 17.2 Å². The number of rotatable bonds is 4. The Labute approximate surface area is 160 Å². The predicted molar refractivity (Wildman–Crippen MR) is 105 cm³/mol. The molecule has 0 fully saturated rings. The molecule has 3 aromatic rings. The number of halogens is 1. The largest absolute Gasteiger partial charge is 0.497 e. The molecule has 0 unspecified atom stereocenters. The summed E-state index contributed by atoms with van der Waals surface area (Å²) in [6, 6.07) is 13.7. The molecule has 5 nitrogen and oxygen atoms in total. The van der Waals surface area contributed by atoms with Gasteiger partial charge in [0.15, 0.2) is 16.6 Å². The summed E-state index contributed by atoms with van der Waals surface area (Å²) in [5, 5.41) is 6.15. The van der Waals surface area contributed by atoms with Crippen LogP contribution in [0.25, 0.3) is 11.3 Å². The maximum absolute atomic E-state index is 5.63. The first-order valence-corrected chi connectivity index (χ1v) is 8.46. The lowest BCUT2D eigenvalue weighted by molar-refractivity contribution is 0.171. The number of ether oxygens (including phenoxy) is 3. The number of hydrogen-bond acceptors (Lipinski definition) is 6. The van der Waals surface area contributed by atoms with Crippen molar-refractivity contribution in [1.82, 2.24) is 4.98 Å². The van der Waals surface area contributed by atoms with E-state index in [0.29, 0.717) is 13.2 Å². The topological polar surface area (TPSA) is 52.6 Å². The van der Waals surface area contributed by atoms with Crippen molar-refractivity contribution in [3.05, 3.63) is 47.8 Å². The third-order valence-electron chi connectivity index (χ3n) is 3.66. The van der Waals surface area contributed by atoms with E-state index < -0.39 is 0 Å². The van der Waals surface area contributed by atoms with E-state index in [1.165, 1.54) is 0 Å². The number of thiazole rings is 1. The van der Waals surface area contributed by atoms with Gasteiger partial charge < -0.3 is 19.5 Å². The summed E-state index contributed by atoms with van der Waals surface area (Å²) in [4.78, 5) is 4.65. The second-order valence-corrected chi connectivity index (χ2v) is 6.11. The predicted octanol–water partition coefficient (Wildman–Crippen LogP) is 4.91. The van der Waals surface area contributed by atoms with Crippen LogP contribution in [-0.4, -0.2) is 25.3 Å². The lowest BCUT2D eigenvalue weighted by atomic mass is 10.1. The Hall–Kier alpha value is -2.25. The lowest BCUT2D eigenvalue weighted by Gasteiger charge is -2.18. The Morgan fingerprint density at radius 2 is 1.92 bits per heavy atom. The van der Waals surface area contributed by atoms with Crippen LogP contribution >= 0.6 is 28.3 Å². The zero-order valence-corrected chi connectivity index (χ0v) is 16.1. The third-order valence-corrected chi connectivity index (χ3v) is 4.42. The Bertz CT molecular complexity index is 869. The van der Waals surface area contributed by atoms with Gasteiger partial charge in [-0.3, -0.25) is 0 Å². The number of benzene rings is 2. The second-order valence-electron chi connectivity index (χ2n) is 5.25. The van der Waals surface area contributed by atoms with Gasteiger partial charge in [-0.15, -0.1) is 28.3 Å². The smallest absolute Gasteiger partial charge is 0.187 e. The van der Waals surface area contributed by atoms with Gasteiger partial charge in [0.05, 0.1) is 12.8 Å². The quantitative estimate of drug-likeness (QED) is 0.649. The van der Waals surface area contributed by atoms with Crippen molar-refractivity contribution in [3.8, 4) is 28.5 Å². The number of aromatic nitrogens is 1. The highest BCUT2D eigenvalue weighted by Crippen LogP contribution is 2.35. The number of fused-ring (bicyclic) bond motifs is 1. The fourth-order valence-electron chi connectivity index (χ4n) is 2.49. The van der Waals surface area contributed by atoms with E-state index in [-0.39, 0.29) is 17.0 Å². The van der Waals surface area contributed by atoms with E-state index in [2.05, 4.69) is 10.3 Å². The first-order valence-electron chi connectivity index (χ1n) is 7.58. The minimum atomic E-state index is 0. The van der Waals surface area contributed by atoms with E-state index in [0.717, 1.165) is 39.3 Å². The Balaban J connectivity index is 0.00000182. The van der Waals surface area contributed by atoms with Gasteiger partial charge in [-0.2, -0.15) is 0 Å². The molecule has 2 heterocycles. The SMILES string of the molecule is Br.COc1cccc(Nc2nc(-c3ccc4c(c3)OCCO4)cs2)c1. The molecule has 1 N–H and O–H groups in total. The zero-order valence-electron chi connectivity index (χ0n) is 13.5. The zero-order chi connectivity index (χ0) is 16.4. The van der Waals surface area contributed by atoms with Crippen molar-refractivity contribution < 1.29 is 14.2 Å². The monoisotopic (exact) mass is 420 g/mol. The Morgan fingerprint density at radius 1 is 1.08 bits per heavy atom. The van der Waals surface area contributed by atoms with E-state index in [1.54, 1.807) is 18.4 Å². The molecule has 4 rings (SSSR count). The normalized spacial score (nSPS) is 12.2. The fraction of sp³-hybridized carbons (Fsp3) is 0.167. The van der Waals surface area contributed by atoms with Gasteiger partial charge in [0.2, 0.25) is 0 Å². The average Bonchev–Trinajstić information content (AvgIpc) is 3.10. The Kier molecular flexibility index (Phi) is 5.45. The minimum Gasteiger partial charge on any atom is -0.497 e. The fourth-order valence-corrected chi connectivity index (χ4v) is 3.23. The molecule has 7 heteroatoms. The average molecular weight is 421 g/mol. The van der Waals surface area contributed by atoms with Gasteiger partial charge in [-0.05, 0) is 30.3 Å². The van der Waals surface area contributed by atoms with Gasteiger partial charge in [-0.1, -0.05) is 6.07 Å². The van der Waals surface area contributed by atoms with Gasteiger partial charge >= 0.3 is 0 Å². The van der Waals surface area contributed by atoms with E-state index >= 15 is 0 Å². The molecule has 1 aromatic heterocycles. The summed E-state index contributed by atoms with van der Waals surface area (Å²) in [5.74, 6) is 2.37. The van der Waals surface area contributed by atoms with Crippen LogP contribution in [0.1, 0.15) is 0 Å². The van der Waals surface area contributed by atoms with E-state index in [4.69, 9.17) is 14.2 Å². The molecule has 0 amide bonds.